The summed E-state index contributed by atoms with van der Waals surface area (Å²) in [6, 6.07) is 15.2. The van der Waals surface area contributed by atoms with Crippen molar-refractivity contribution in [2.75, 3.05) is 0 Å². The van der Waals surface area contributed by atoms with E-state index >= 15 is 0 Å². The van der Waals surface area contributed by atoms with Gasteiger partial charge >= 0.3 is 0 Å². The highest BCUT2D eigenvalue weighted by Gasteiger charge is 2.37. The third kappa shape index (κ3) is 2.47. The van der Waals surface area contributed by atoms with E-state index in [2.05, 4.69) is 0 Å². The molecule has 172 valence electrons. The zero-order valence-corrected chi connectivity index (χ0v) is 18.0. The molecule has 1 aliphatic rings. The molecule has 0 radical (unpaired) electrons. The molecule has 0 aliphatic heterocycles. The van der Waals surface area contributed by atoms with Gasteiger partial charge in [0, 0.05) is 55.9 Å². The summed E-state index contributed by atoms with van der Waals surface area (Å²) < 4.78 is 6.20. The van der Waals surface area contributed by atoms with Crippen LogP contribution in [0.3, 0.4) is 0 Å². The highest BCUT2D eigenvalue weighted by molar-refractivity contribution is 6.33. The topological polar surface area (TPSA) is 135 Å². The van der Waals surface area contributed by atoms with Gasteiger partial charge in [0.05, 0.1) is 6.10 Å². The third-order valence-electron chi connectivity index (χ3n) is 7.10. The van der Waals surface area contributed by atoms with Crippen LogP contribution < -0.4 is 0 Å². The lowest BCUT2D eigenvalue weighted by atomic mass is 9.81. The summed E-state index contributed by atoms with van der Waals surface area (Å²) in [5.41, 5.74) is 2.17. The van der Waals surface area contributed by atoms with Crippen LogP contribution in [0.25, 0.3) is 43.5 Å². The van der Waals surface area contributed by atoms with Crippen LogP contribution in [0.2, 0.25) is 0 Å². The molecule has 35 heavy (non-hydrogen) atoms. The molecule has 1 aromatic heterocycles. The highest BCUT2D eigenvalue weighted by Crippen LogP contribution is 2.56. The maximum absolute atomic E-state index is 11.8. The Hall–Kier alpha value is -4.62. The molecule has 5 aromatic carbocycles. The minimum Gasteiger partial charge on any atom is -0.508 e. The van der Waals surface area contributed by atoms with E-state index in [1.165, 1.54) is 42.5 Å². The molecule has 1 heterocycles. The van der Waals surface area contributed by atoms with Gasteiger partial charge in [-0.15, -0.1) is 0 Å². The van der Waals surface area contributed by atoms with E-state index in [0.29, 0.717) is 60.2 Å². The highest BCUT2D eigenvalue weighted by atomic mass is 16.3. The molecule has 1 aliphatic carbocycles. The van der Waals surface area contributed by atoms with Crippen LogP contribution in [-0.2, 0) is 0 Å². The van der Waals surface area contributed by atoms with Crippen LogP contribution in [0.5, 0.6) is 28.7 Å². The van der Waals surface area contributed by atoms with Crippen molar-refractivity contribution in [2.24, 2.45) is 0 Å². The predicted octanol–water partition coefficient (Wildman–Crippen LogP) is 5.60. The van der Waals surface area contributed by atoms with Gasteiger partial charge in [-0.3, -0.25) is 0 Å². The first-order chi connectivity index (χ1) is 16.8. The SMILES string of the molecule is Oc1ccc([C@@H]2c3c(O)cc(O)c4c5cc(O)ccc5c5oc6cc(O)cc(c6c5c34)[C@@H]2O)cc1. The van der Waals surface area contributed by atoms with Crippen molar-refractivity contribution >= 4 is 43.5 Å². The van der Waals surface area contributed by atoms with Gasteiger partial charge in [0.25, 0.3) is 0 Å². The molecule has 7 rings (SSSR count). The first-order valence-electron chi connectivity index (χ1n) is 11.0. The second-order valence-corrected chi connectivity index (χ2v) is 9.04. The second-order valence-electron chi connectivity index (χ2n) is 9.04. The lowest BCUT2D eigenvalue weighted by Crippen LogP contribution is -2.12. The molecule has 0 amide bonds. The number of hydrogen-bond acceptors (Lipinski definition) is 7. The zero-order valence-electron chi connectivity index (χ0n) is 18.0. The number of phenolic OH excluding ortho intramolecular Hbond substituents is 5. The minimum absolute atomic E-state index is 0.00777. The van der Waals surface area contributed by atoms with Crippen molar-refractivity contribution in [3.8, 4) is 28.7 Å². The number of rotatable bonds is 1. The van der Waals surface area contributed by atoms with E-state index in [-0.39, 0.29) is 28.7 Å². The monoisotopic (exact) mass is 466 g/mol. The molecule has 6 aromatic rings. The van der Waals surface area contributed by atoms with Gasteiger partial charge in [0.15, 0.2) is 0 Å². The number of furan rings is 1. The largest absolute Gasteiger partial charge is 0.508 e. The van der Waals surface area contributed by atoms with Crippen molar-refractivity contribution in [2.45, 2.75) is 12.0 Å². The van der Waals surface area contributed by atoms with E-state index in [1.54, 1.807) is 18.2 Å². The van der Waals surface area contributed by atoms with Crippen molar-refractivity contribution in [1.29, 1.82) is 0 Å². The van der Waals surface area contributed by atoms with Crippen LogP contribution in [0.15, 0.2) is 65.1 Å². The molecule has 0 saturated heterocycles. The maximum atomic E-state index is 11.8. The summed E-state index contributed by atoms with van der Waals surface area (Å²) in [5.74, 6) is -1.27. The Morgan fingerprint density at radius 1 is 0.600 bits per heavy atom. The summed E-state index contributed by atoms with van der Waals surface area (Å²) in [5, 5.41) is 67.7. The summed E-state index contributed by atoms with van der Waals surface area (Å²) in [6.07, 6.45) is -1.21. The van der Waals surface area contributed by atoms with E-state index in [4.69, 9.17) is 4.42 Å². The normalized spacial score (nSPS) is 17.3. The van der Waals surface area contributed by atoms with Crippen molar-refractivity contribution in [3.63, 3.8) is 0 Å². The Balaban J connectivity index is 1.82. The fourth-order valence-electron chi connectivity index (χ4n) is 5.73. The Labute approximate surface area is 196 Å². The molecular weight excluding hydrogens is 448 g/mol. The molecule has 0 saturated carbocycles. The van der Waals surface area contributed by atoms with Crippen molar-refractivity contribution in [1.82, 2.24) is 0 Å². The smallest absolute Gasteiger partial charge is 0.143 e. The van der Waals surface area contributed by atoms with Crippen molar-refractivity contribution in [3.05, 3.63) is 77.4 Å². The van der Waals surface area contributed by atoms with E-state index < -0.39 is 12.0 Å². The van der Waals surface area contributed by atoms with E-state index in [9.17, 15) is 30.6 Å². The van der Waals surface area contributed by atoms with Gasteiger partial charge < -0.3 is 35.1 Å². The Kier molecular flexibility index (Phi) is 3.67. The van der Waals surface area contributed by atoms with E-state index in [1.807, 2.05) is 0 Å². The Morgan fingerprint density at radius 3 is 2.11 bits per heavy atom. The fraction of sp³-hybridized carbons (Fsp3) is 0.0714. The number of phenols is 5. The number of aliphatic hydroxyl groups excluding tert-OH is 1. The summed E-state index contributed by atoms with van der Waals surface area (Å²) in [4.78, 5) is 0. The van der Waals surface area contributed by atoms with Crippen LogP contribution >= 0.6 is 0 Å². The average molecular weight is 466 g/mol. The Bertz CT molecular complexity index is 1870. The molecule has 0 spiro atoms. The predicted molar refractivity (Wildman–Crippen MR) is 130 cm³/mol. The summed E-state index contributed by atoms with van der Waals surface area (Å²) in [6.45, 7) is 0. The average Bonchev–Trinajstić information content (AvgIpc) is 3.15. The number of benzene rings is 5. The first-order valence-corrected chi connectivity index (χ1v) is 11.0. The number of hydrogen-bond donors (Lipinski definition) is 6. The molecule has 2 atom stereocenters. The first kappa shape index (κ1) is 19.8. The van der Waals surface area contributed by atoms with E-state index in [0.717, 1.165) is 0 Å². The lowest BCUT2D eigenvalue weighted by molar-refractivity contribution is 0.160. The van der Waals surface area contributed by atoms with Gasteiger partial charge in [-0.25, -0.2) is 0 Å². The molecule has 0 unspecified atom stereocenters. The van der Waals surface area contributed by atoms with Crippen LogP contribution in [0.4, 0.5) is 0 Å². The Morgan fingerprint density at radius 2 is 1.34 bits per heavy atom. The van der Waals surface area contributed by atoms with Gasteiger partial charge in [-0.05, 0) is 47.5 Å². The number of fused-ring (bicyclic) bond motifs is 3. The van der Waals surface area contributed by atoms with Gasteiger partial charge in [-0.1, -0.05) is 12.1 Å². The van der Waals surface area contributed by atoms with Crippen LogP contribution in [0.1, 0.15) is 28.7 Å². The van der Waals surface area contributed by atoms with Crippen LogP contribution in [0, 0.1) is 0 Å². The molecule has 0 fully saturated rings. The summed E-state index contributed by atoms with van der Waals surface area (Å²) in [7, 11) is 0. The fourth-order valence-corrected chi connectivity index (χ4v) is 5.73. The second kappa shape index (κ2) is 6.49. The minimum atomic E-state index is -1.21. The number of aliphatic hydroxyl groups is 1. The van der Waals surface area contributed by atoms with Gasteiger partial charge in [0.1, 0.15) is 39.9 Å². The third-order valence-corrected chi connectivity index (χ3v) is 7.10. The number of aromatic hydroxyl groups is 5. The standard InChI is InChI=1S/C28H18O7/c29-12-3-1-11(2-4-12)21-24-19(33)10-18(32)22-16-7-13(30)5-6-15(16)28-26(25(22)24)23-17(27(21)34)8-14(31)9-20(23)35-28/h1-10,21,27,29-34H/t21-,27+/m1/s1. The van der Waals surface area contributed by atoms with Crippen molar-refractivity contribution < 1.29 is 35.1 Å². The molecule has 7 nitrogen and oxygen atoms in total. The quantitative estimate of drug-likeness (QED) is 0.174. The maximum Gasteiger partial charge on any atom is 0.143 e. The molecule has 6 N–H and O–H groups in total. The molecule has 0 bridgehead atoms. The van der Waals surface area contributed by atoms with Crippen LogP contribution in [-0.4, -0.2) is 30.6 Å². The molecular formula is C28H18O7. The van der Waals surface area contributed by atoms with Gasteiger partial charge in [0.2, 0.25) is 0 Å². The lowest BCUT2D eigenvalue weighted by Gasteiger charge is -2.26. The van der Waals surface area contributed by atoms with Gasteiger partial charge in [-0.2, -0.15) is 0 Å². The summed E-state index contributed by atoms with van der Waals surface area (Å²) >= 11 is 0. The molecule has 7 heteroatoms. The zero-order chi connectivity index (χ0) is 24.2.